The number of hydrogen-bond donors (Lipinski definition) is 1. The summed E-state index contributed by atoms with van der Waals surface area (Å²) in [5.41, 5.74) is 1.24. The van der Waals surface area contributed by atoms with Crippen molar-refractivity contribution in [3.05, 3.63) is 11.9 Å². The van der Waals surface area contributed by atoms with Gasteiger partial charge in [0.15, 0.2) is 0 Å². The van der Waals surface area contributed by atoms with Crippen LogP contribution in [0.15, 0.2) is 6.20 Å². The molecule has 0 amide bonds. The fourth-order valence-corrected chi connectivity index (χ4v) is 2.09. The second kappa shape index (κ2) is 7.41. The van der Waals surface area contributed by atoms with Gasteiger partial charge in [0, 0.05) is 33.7 Å². The summed E-state index contributed by atoms with van der Waals surface area (Å²) in [4.78, 5) is 6.45. The Morgan fingerprint density at radius 3 is 2.67 bits per heavy atom. The van der Waals surface area contributed by atoms with E-state index in [-0.39, 0.29) is 0 Å². The molecule has 0 aromatic carbocycles. The number of anilines is 1. The van der Waals surface area contributed by atoms with E-state index in [0.29, 0.717) is 6.04 Å². The monoisotopic (exact) mass is 252 g/mol. The summed E-state index contributed by atoms with van der Waals surface area (Å²) in [6, 6.07) is 0.578. The highest BCUT2D eigenvalue weighted by Gasteiger charge is 2.08. The molecule has 4 heteroatoms. The summed E-state index contributed by atoms with van der Waals surface area (Å²) in [5.74, 6) is 1.01. The van der Waals surface area contributed by atoms with Crippen LogP contribution in [0.25, 0.3) is 0 Å². The molecule has 1 N–H and O–H groups in total. The summed E-state index contributed by atoms with van der Waals surface area (Å²) in [6.07, 6.45) is 7.16. The maximum Gasteiger partial charge on any atom is 0.204 e. The van der Waals surface area contributed by atoms with Gasteiger partial charge in [-0.25, -0.2) is 4.98 Å². The number of rotatable bonds is 8. The number of hydrogen-bond acceptors (Lipinski definition) is 3. The molecule has 1 heterocycles. The van der Waals surface area contributed by atoms with Gasteiger partial charge in [-0.15, -0.1) is 0 Å². The third-order valence-corrected chi connectivity index (χ3v) is 3.33. The number of aromatic nitrogens is 2. The lowest BCUT2D eigenvalue weighted by Gasteiger charge is -2.15. The Balaban J connectivity index is 2.39. The molecule has 18 heavy (non-hydrogen) atoms. The lowest BCUT2D eigenvalue weighted by Crippen LogP contribution is -2.26. The van der Waals surface area contributed by atoms with Crippen LogP contribution in [0.4, 0.5) is 5.95 Å². The van der Waals surface area contributed by atoms with Crippen molar-refractivity contribution < 1.29 is 0 Å². The topological polar surface area (TPSA) is 33.1 Å². The van der Waals surface area contributed by atoms with Crippen molar-refractivity contribution in [2.75, 3.05) is 19.0 Å². The average Bonchev–Trinajstić information content (AvgIpc) is 2.68. The minimum Gasteiger partial charge on any atom is -0.348 e. The molecule has 1 atom stereocenters. The van der Waals surface area contributed by atoms with Crippen molar-refractivity contribution >= 4 is 5.95 Å². The molecule has 0 aliphatic carbocycles. The van der Waals surface area contributed by atoms with Crippen LogP contribution in [-0.4, -0.2) is 29.7 Å². The van der Waals surface area contributed by atoms with E-state index in [0.717, 1.165) is 12.5 Å². The van der Waals surface area contributed by atoms with Crippen molar-refractivity contribution in [2.24, 2.45) is 7.05 Å². The predicted molar refractivity (Wildman–Crippen MR) is 78.0 cm³/mol. The summed E-state index contributed by atoms with van der Waals surface area (Å²) in [6.45, 7) is 5.40. The minimum absolute atomic E-state index is 0.578. The van der Waals surface area contributed by atoms with E-state index in [1.54, 1.807) is 0 Å². The molecular formula is C14H28N4. The second-order valence-corrected chi connectivity index (χ2v) is 5.28. The van der Waals surface area contributed by atoms with Crippen LogP contribution in [0.3, 0.4) is 0 Å². The first-order valence-electron chi connectivity index (χ1n) is 6.97. The molecule has 0 saturated heterocycles. The molecule has 1 unspecified atom stereocenters. The van der Waals surface area contributed by atoms with Crippen LogP contribution in [0.1, 0.15) is 45.2 Å². The van der Waals surface area contributed by atoms with Crippen molar-refractivity contribution in [3.8, 4) is 0 Å². The van der Waals surface area contributed by atoms with Gasteiger partial charge < -0.3 is 14.8 Å². The van der Waals surface area contributed by atoms with Crippen LogP contribution in [0.5, 0.6) is 0 Å². The van der Waals surface area contributed by atoms with Gasteiger partial charge in [0.25, 0.3) is 0 Å². The van der Waals surface area contributed by atoms with Gasteiger partial charge in [-0.2, -0.15) is 0 Å². The normalized spacial score (nSPS) is 12.7. The standard InChI is InChI=1S/C14H28N4/c1-6-7-8-9-12(2)15-10-13-11-16-14(17(3)4)18(13)5/h11-12,15H,6-10H2,1-5H3. The Bertz CT molecular complexity index is 344. The van der Waals surface area contributed by atoms with E-state index >= 15 is 0 Å². The molecule has 0 spiro atoms. The molecule has 0 fully saturated rings. The van der Waals surface area contributed by atoms with Crippen LogP contribution >= 0.6 is 0 Å². The van der Waals surface area contributed by atoms with E-state index < -0.39 is 0 Å². The van der Waals surface area contributed by atoms with Crippen LogP contribution in [0.2, 0.25) is 0 Å². The van der Waals surface area contributed by atoms with Crippen molar-refractivity contribution in [2.45, 2.75) is 52.1 Å². The summed E-state index contributed by atoms with van der Waals surface area (Å²) < 4.78 is 2.14. The van der Waals surface area contributed by atoms with Crippen LogP contribution in [-0.2, 0) is 13.6 Å². The first kappa shape index (κ1) is 15.0. The van der Waals surface area contributed by atoms with Gasteiger partial charge in [-0.05, 0) is 13.3 Å². The van der Waals surface area contributed by atoms with Gasteiger partial charge in [0.05, 0.1) is 11.9 Å². The second-order valence-electron chi connectivity index (χ2n) is 5.28. The largest absolute Gasteiger partial charge is 0.348 e. The predicted octanol–water partition coefficient (Wildman–Crippen LogP) is 2.54. The summed E-state index contributed by atoms with van der Waals surface area (Å²) in [5, 5.41) is 3.57. The van der Waals surface area contributed by atoms with Crippen LogP contribution < -0.4 is 10.2 Å². The van der Waals surface area contributed by atoms with Gasteiger partial charge in [0.2, 0.25) is 5.95 Å². The zero-order valence-electron chi connectivity index (χ0n) is 12.5. The van der Waals surface area contributed by atoms with Crippen LogP contribution in [0, 0.1) is 0 Å². The molecule has 104 valence electrons. The van der Waals surface area contributed by atoms with E-state index in [2.05, 4.69) is 35.8 Å². The summed E-state index contributed by atoms with van der Waals surface area (Å²) >= 11 is 0. The van der Waals surface area contributed by atoms with Crippen molar-refractivity contribution in [1.82, 2.24) is 14.9 Å². The Labute approximate surface area is 111 Å². The highest BCUT2D eigenvalue weighted by Crippen LogP contribution is 2.11. The Morgan fingerprint density at radius 2 is 2.11 bits per heavy atom. The summed E-state index contributed by atoms with van der Waals surface area (Å²) in [7, 11) is 6.11. The Morgan fingerprint density at radius 1 is 1.39 bits per heavy atom. The minimum atomic E-state index is 0.578. The smallest absolute Gasteiger partial charge is 0.204 e. The fraction of sp³-hybridized carbons (Fsp3) is 0.786. The van der Waals surface area contributed by atoms with Gasteiger partial charge in [-0.1, -0.05) is 26.2 Å². The molecule has 4 nitrogen and oxygen atoms in total. The zero-order chi connectivity index (χ0) is 13.5. The lowest BCUT2D eigenvalue weighted by atomic mass is 10.1. The maximum atomic E-state index is 4.42. The van der Waals surface area contributed by atoms with E-state index in [4.69, 9.17) is 0 Å². The molecule has 1 rings (SSSR count). The van der Waals surface area contributed by atoms with Crippen molar-refractivity contribution in [1.29, 1.82) is 0 Å². The van der Waals surface area contributed by atoms with E-state index in [9.17, 15) is 0 Å². The Kier molecular flexibility index (Phi) is 6.19. The van der Waals surface area contributed by atoms with Gasteiger partial charge >= 0.3 is 0 Å². The fourth-order valence-electron chi connectivity index (χ4n) is 2.09. The first-order valence-corrected chi connectivity index (χ1v) is 6.97. The number of nitrogens with zero attached hydrogens (tertiary/aromatic N) is 3. The SMILES string of the molecule is CCCCCC(C)NCc1cnc(N(C)C)n1C. The molecular weight excluding hydrogens is 224 g/mol. The average molecular weight is 252 g/mol. The van der Waals surface area contributed by atoms with Crippen molar-refractivity contribution in [3.63, 3.8) is 0 Å². The number of unbranched alkanes of at least 4 members (excludes halogenated alkanes) is 2. The zero-order valence-corrected chi connectivity index (χ0v) is 12.5. The highest BCUT2D eigenvalue weighted by atomic mass is 15.3. The molecule has 1 aromatic heterocycles. The molecule has 1 aromatic rings. The van der Waals surface area contributed by atoms with E-state index in [1.165, 1.54) is 31.4 Å². The quantitative estimate of drug-likeness (QED) is 0.722. The Hall–Kier alpha value is -1.03. The number of nitrogens with one attached hydrogen (secondary N) is 1. The molecule has 0 aliphatic heterocycles. The third-order valence-electron chi connectivity index (χ3n) is 3.33. The highest BCUT2D eigenvalue weighted by molar-refractivity contribution is 5.30. The van der Waals surface area contributed by atoms with Gasteiger partial charge in [-0.3, -0.25) is 0 Å². The first-order chi connectivity index (χ1) is 8.56. The van der Waals surface area contributed by atoms with E-state index in [1.807, 2.05) is 25.2 Å². The molecule has 0 saturated carbocycles. The molecule has 0 radical (unpaired) electrons. The number of imidazole rings is 1. The lowest BCUT2D eigenvalue weighted by molar-refractivity contribution is 0.480. The molecule has 0 aliphatic rings. The molecule has 0 bridgehead atoms. The maximum absolute atomic E-state index is 4.42. The third kappa shape index (κ3) is 4.33. The van der Waals surface area contributed by atoms with Gasteiger partial charge in [0.1, 0.15) is 0 Å².